The molecule has 0 aromatic carbocycles. The average molecular weight is 289 g/mol. The van der Waals surface area contributed by atoms with Crippen molar-refractivity contribution in [2.45, 2.75) is 59.7 Å². The van der Waals surface area contributed by atoms with Crippen LogP contribution in [0.3, 0.4) is 0 Å². The van der Waals surface area contributed by atoms with Crippen LogP contribution in [0, 0.1) is 6.92 Å². The molecule has 0 saturated carbocycles. The van der Waals surface area contributed by atoms with Crippen LogP contribution < -0.4 is 5.32 Å². The Kier molecular flexibility index (Phi) is 5.17. The lowest BCUT2D eigenvalue weighted by molar-refractivity contribution is 0.540. The Hall–Kier alpha value is -1.62. The third kappa shape index (κ3) is 3.94. The minimum atomic E-state index is 0.471. The fourth-order valence-electron chi connectivity index (χ4n) is 2.44. The lowest BCUT2D eigenvalue weighted by Crippen LogP contribution is -2.18. The number of nitrogens with one attached hydrogen (secondary N) is 1. The number of aromatic nitrogens is 4. The van der Waals surface area contributed by atoms with Crippen molar-refractivity contribution in [2.75, 3.05) is 0 Å². The summed E-state index contributed by atoms with van der Waals surface area (Å²) in [5.41, 5.74) is 4.71. The van der Waals surface area contributed by atoms with Crippen LogP contribution in [0.2, 0.25) is 0 Å². The highest BCUT2D eigenvalue weighted by Crippen LogP contribution is 2.13. The van der Waals surface area contributed by atoms with Crippen LogP contribution in [0.15, 0.2) is 12.1 Å². The van der Waals surface area contributed by atoms with E-state index in [1.165, 1.54) is 11.4 Å². The zero-order chi connectivity index (χ0) is 15.4. The maximum absolute atomic E-state index is 4.55. The Morgan fingerprint density at radius 2 is 1.86 bits per heavy atom. The van der Waals surface area contributed by atoms with E-state index in [0.717, 1.165) is 37.4 Å². The predicted octanol–water partition coefficient (Wildman–Crippen LogP) is 2.75. The lowest BCUT2D eigenvalue weighted by Gasteiger charge is -2.07. The van der Waals surface area contributed by atoms with Crippen LogP contribution in [-0.4, -0.2) is 19.6 Å². The first-order valence-electron chi connectivity index (χ1n) is 7.78. The van der Waals surface area contributed by atoms with Crippen LogP contribution in [0.1, 0.15) is 55.9 Å². The quantitative estimate of drug-likeness (QED) is 0.852. The minimum Gasteiger partial charge on any atom is -0.306 e. The van der Waals surface area contributed by atoms with Crippen molar-refractivity contribution in [3.63, 3.8) is 0 Å². The number of nitrogens with zero attached hydrogens (tertiary/aromatic N) is 4. The largest absolute Gasteiger partial charge is 0.306 e. The van der Waals surface area contributed by atoms with Gasteiger partial charge in [0.25, 0.3) is 0 Å². The number of rotatable bonds is 7. The SMILES string of the molecule is CCCn1nc(C)cc1CNCc1cc(C(C)C)nn1C. The highest BCUT2D eigenvalue weighted by atomic mass is 15.3. The second-order valence-corrected chi connectivity index (χ2v) is 5.94. The van der Waals surface area contributed by atoms with E-state index < -0.39 is 0 Å². The van der Waals surface area contributed by atoms with E-state index in [2.05, 4.69) is 53.1 Å². The van der Waals surface area contributed by atoms with E-state index in [0.29, 0.717) is 5.92 Å². The highest BCUT2D eigenvalue weighted by Gasteiger charge is 2.09. The monoisotopic (exact) mass is 289 g/mol. The van der Waals surface area contributed by atoms with Crippen molar-refractivity contribution < 1.29 is 0 Å². The highest BCUT2D eigenvalue weighted by molar-refractivity contribution is 5.14. The van der Waals surface area contributed by atoms with Crippen LogP contribution in [-0.2, 0) is 26.7 Å². The van der Waals surface area contributed by atoms with E-state index in [4.69, 9.17) is 0 Å². The van der Waals surface area contributed by atoms with Crippen LogP contribution >= 0.6 is 0 Å². The lowest BCUT2D eigenvalue weighted by atomic mass is 10.1. The second-order valence-electron chi connectivity index (χ2n) is 5.94. The average Bonchev–Trinajstić information content (AvgIpc) is 2.95. The van der Waals surface area contributed by atoms with Gasteiger partial charge in [-0.1, -0.05) is 20.8 Å². The van der Waals surface area contributed by atoms with Crippen molar-refractivity contribution in [1.82, 2.24) is 24.9 Å². The number of hydrogen-bond acceptors (Lipinski definition) is 3. The Balaban J connectivity index is 1.95. The Bertz CT molecular complexity index is 580. The Labute approximate surface area is 127 Å². The van der Waals surface area contributed by atoms with Crippen molar-refractivity contribution in [3.05, 3.63) is 34.9 Å². The third-order valence-corrected chi connectivity index (χ3v) is 3.62. The summed E-state index contributed by atoms with van der Waals surface area (Å²) < 4.78 is 4.07. The van der Waals surface area contributed by atoms with Gasteiger partial charge in [-0.05, 0) is 31.4 Å². The zero-order valence-electron chi connectivity index (χ0n) is 13.8. The van der Waals surface area contributed by atoms with Crippen molar-refractivity contribution in [3.8, 4) is 0 Å². The maximum Gasteiger partial charge on any atom is 0.0653 e. The van der Waals surface area contributed by atoms with Gasteiger partial charge in [0.1, 0.15) is 0 Å². The van der Waals surface area contributed by atoms with E-state index in [1.807, 2.05) is 18.7 Å². The van der Waals surface area contributed by atoms with Crippen molar-refractivity contribution in [2.24, 2.45) is 7.05 Å². The summed E-state index contributed by atoms with van der Waals surface area (Å²) in [5, 5.41) is 12.6. The predicted molar refractivity (Wildman–Crippen MR) is 85.1 cm³/mol. The van der Waals surface area contributed by atoms with Gasteiger partial charge in [0.05, 0.1) is 22.8 Å². The molecule has 2 aromatic rings. The summed E-state index contributed by atoms with van der Waals surface area (Å²) in [4.78, 5) is 0. The molecule has 2 aromatic heterocycles. The molecule has 0 aliphatic heterocycles. The summed E-state index contributed by atoms with van der Waals surface area (Å²) >= 11 is 0. The summed E-state index contributed by atoms with van der Waals surface area (Å²) in [6.07, 6.45) is 1.10. The smallest absolute Gasteiger partial charge is 0.0653 e. The molecule has 0 amide bonds. The molecule has 0 fully saturated rings. The first-order valence-corrected chi connectivity index (χ1v) is 7.78. The summed E-state index contributed by atoms with van der Waals surface area (Å²) in [7, 11) is 2.01. The molecule has 0 unspecified atom stereocenters. The van der Waals surface area contributed by atoms with Gasteiger partial charge >= 0.3 is 0 Å². The van der Waals surface area contributed by atoms with Crippen molar-refractivity contribution in [1.29, 1.82) is 0 Å². The number of aryl methyl sites for hydroxylation is 3. The molecule has 1 N–H and O–H groups in total. The minimum absolute atomic E-state index is 0.471. The molecule has 0 aliphatic rings. The Morgan fingerprint density at radius 1 is 1.14 bits per heavy atom. The van der Waals surface area contributed by atoms with Crippen molar-refractivity contribution >= 4 is 0 Å². The van der Waals surface area contributed by atoms with Gasteiger partial charge in [-0.2, -0.15) is 10.2 Å². The van der Waals surface area contributed by atoms with Gasteiger partial charge in [-0.15, -0.1) is 0 Å². The molecule has 21 heavy (non-hydrogen) atoms. The summed E-state index contributed by atoms with van der Waals surface area (Å²) in [5.74, 6) is 0.471. The van der Waals surface area contributed by atoms with E-state index in [-0.39, 0.29) is 0 Å². The fourth-order valence-corrected chi connectivity index (χ4v) is 2.44. The maximum atomic E-state index is 4.55. The topological polar surface area (TPSA) is 47.7 Å². The van der Waals surface area contributed by atoms with E-state index in [9.17, 15) is 0 Å². The third-order valence-electron chi connectivity index (χ3n) is 3.62. The van der Waals surface area contributed by atoms with Gasteiger partial charge in [0.15, 0.2) is 0 Å². The Morgan fingerprint density at radius 3 is 2.48 bits per heavy atom. The first kappa shape index (κ1) is 15.8. The summed E-state index contributed by atoms with van der Waals surface area (Å²) in [6, 6.07) is 4.34. The standard InChI is InChI=1S/C16H27N5/c1-6-7-21-15(8-13(4)18-21)11-17-10-14-9-16(12(2)3)19-20(14)5/h8-9,12,17H,6-7,10-11H2,1-5H3. The number of hydrogen-bond donors (Lipinski definition) is 1. The molecule has 5 nitrogen and oxygen atoms in total. The molecule has 0 aliphatic carbocycles. The van der Waals surface area contributed by atoms with Gasteiger partial charge in [0.2, 0.25) is 0 Å². The molecule has 0 saturated heterocycles. The van der Waals surface area contributed by atoms with Gasteiger partial charge in [-0.3, -0.25) is 9.36 Å². The molecular formula is C16H27N5. The molecular weight excluding hydrogens is 262 g/mol. The van der Waals surface area contributed by atoms with Crippen LogP contribution in [0.25, 0.3) is 0 Å². The molecule has 0 radical (unpaired) electrons. The van der Waals surface area contributed by atoms with E-state index in [1.54, 1.807) is 0 Å². The second kappa shape index (κ2) is 6.89. The molecule has 2 rings (SSSR count). The first-order chi connectivity index (χ1) is 10.0. The van der Waals surface area contributed by atoms with E-state index >= 15 is 0 Å². The molecule has 0 spiro atoms. The molecule has 2 heterocycles. The fraction of sp³-hybridized carbons (Fsp3) is 0.625. The molecule has 5 heteroatoms. The van der Waals surface area contributed by atoms with Crippen LogP contribution in [0.5, 0.6) is 0 Å². The van der Waals surface area contributed by atoms with Gasteiger partial charge in [-0.25, -0.2) is 0 Å². The summed E-state index contributed by atoms with van der Waals surface area (Å²) in [6.45, 7) is 11.2. The van der Waals surface area contributed by atoms with Crippen LogP contribution in [0.4, 0.5) is 0 Å². The normalized spacial score (nSPS) is 11.5. The zero-order valence-corrected chi connectivity index (χ0v) is 13.8. The molecule has 116 valence electrons. The van der Waals surface area contributed by atoms with Gasteiger partial charge < -0.3 is 5.32 Å². The molecule has 0 atom stereocenters. The van der Waals surface area contributed by atoms with Gasteiger partial charge in [0, 0.05) is 26.7 Å². The molecule has 0 bridgehead atoms.